The zero-order valence-corrected chi connectivity index (χ0v) is 14.6. The second kappa shape index (κ2) is 8.26. The summed E-state index contributed by atoms with van der Waals surface area (Å²) < 4.78 is 16.5. The largest absolute Gasteiger partial charge is 0.497 e. The molecule has 4 nitrogen and oxygen atoms in total. The van der Waals surface area contributed by atoms with Crippen molar-refractivity contribution >= 4 is 0 Å². The molecule has 0 bridgehead atoms. The van der Waals surface area contributed by atoms with Crippen LogP contribution in [0.15, 0.2) is 36.4 Å². The van der Waals surface area contributed by atoms with E-state index in [-0.39, 0.29) is 0 Å². The summed E-state index contributed by atoms with van der Waals surface area (Å²) in [5.74, 6) is 2.49. The summed E-state index contributed by atoms with van der Waals surface area (Å²) in [6, 6.07) is 13.4. The predicted octanol–water partition coefficient (Wildman–Crippen LogP) is 4.46. The van der Waals surface area contributed by atoms with E-state index in [1.54, 1.807) is 25.3 Å². The highest BCUT2D eigenvalue weighted by Gasteiger charge is 2.07. The van der Waals surface area contributed by atoms with Crippen LogP contribution in [0.4, 0.5) is 0 Å². The summed E-state index contributed by atoms with van der Waals surface area (Å²) >= 11 is 0. The summed E-state index contributed by atoms with van der Waals surface area (Å²) in [5.41, 5.74) is 3.03. The normalized spacial score (nSPS) is 10.3. The van der Waals surface area contributed by atoms with Gasteiger partial charge in [-0.2, -0.15) is 5.26 Å². The quantitative estimate of drug-likeness (QED) is 0.705. The lowest BCUT2D eigenvalue weighted by Crippen LogP contribution is -2.10. The molecule has 2 aromatic carbocycles. The Morgan fingerprint density at radius 2 is 1.71 bits per heavy atom. The molecule has 2 aromatic rings. The molecule has 0 heterocycles. The van der Waals surface area contributed by atoms with Gasteiger partial charge in [-0.05, 0) is 48.2 Å². The molecule has 0 radical (unpaired) electrons. The Morgan fingerprint density at radius 3 is 2.33 bits per heavy atom. The van der Waals surface area contributed by atoms with Crippen molar-refractivity contribution in [2.45, 2.75) is 26.7 Å². The number of ether oxygens (including phenoxy) is 3. The highest BCUT2D eigenvalue weighted by Crippen LogP contribution is 2.25. The molecule has 0 aliphatic rings. The van der Waals surface area contributed by atoms with Gasteiger partial charge in [0.15, 0.2) is 0 Å². The molecule has 0 saturated carbocycles. The van der Waals surface area contributed by atoms with E-state index < -0.39 is 0 Å². The first-order chi connectivity index (χ1) is 11.5. The topological polar surface area (TPSA) is 51.5 Å². The third kappa shape index (κ3) is 4.42. The molecule has 0 N–H and O–H groups in total. The number of benzene rings is 2. The Kier molecular flexibility index (Phi) is 6.08. The number of nitrogens with zero attached hydrogens (tertiary/aromatic N) is 1. The zero-order chi connectivity index (χ0) is 17.5. The molecule has 126 valence electrons. The van der Waals surface area contributed by atoms with Gasteiger partial charge in [-0.25, -0.2) is 0 Å². The molecule has 0 fully saturated rings. The average Bonchev–Trinajstić information content (AvgIpc) is 2.58. The molecule has 2 rings (SSSR count). The fourth-order valence-corrected chi connectivity index (χ4v) is 2.54. The van der Waals surface area contributed by atoms with Gasteiger partial charge in [0.05, 0.1) is 12.7 Å². The molecule has 24 heavy (non-hydrogen) atoms. The number of hydrogen-bond acceptors (Lipinski definition) is 4. The lowest BCUT2D eigenvalue weighted by molar-refractivity contribution is 0.216. The summed E-state index contributed by atoms with van der Waals surface area (Å²) in [5, 5.41) is 9.12. The van der Waals surface area contributed by atoms with Crippen molar-refractivity contribution in [2.75, 3.05) is 20.3 Å². The lowest BCUT2D eigenvalue weighted by atomic mass is 9.98. The van der Waals surface area contributed by atoms with Crippen molar-refractivity contribution in [2.24, 2.45) is 0 Å². The SMILES string of the molecule is COc1ccc(C#N)c(OCCOc2ccc(C(C)C)c(C)c2)c1. The second-order valence-corrected chi connectivity index (χ2v) is 5.84. The van der Waals surface area contributed by atoms with Crippen LogP contribution in [0, 0.1) is 18.3 Å². The molecule has 0 aliphatic carbocycles. The number of rotatable bonds is 7. The van der Waals surface area contributed by atoms with Crippen molar-refractivity contribution in [3.63, 3.8) is 0 Å². The Hall–Kier alpha value is -2.67. The molecule has 0 aromatic heterocycles. The standard InChI is InChI=1S/C20H23NO3/c1-14(2)19-8-7-18(11-15(19)3)23-9-10-24-20-12-17(22-4)6-5-16(20)13-21/h5-8,11-12,14H,9-10H2,1-4H3. The van der Waals surface area contributed by atoms with Gasteiger partial charge in [-0.1, -0.05) is 19.9 Å². The Balaban J connectivity index is 1.92. The van der Waals surface area contributed by atoms with Gasteiger partial charge in [0.1, 0.15) is 36.5 Å². The fourth-order valence-electron chi connectivity index (χ4n) is 2.54. The van der Waals surface area contributed by atoms with E-state index in [0.29, 0.717) is 36.2 Å². The van der Waals surface area contributed by atoms with Crippen LogP contribution in [0.1, 0.15) is 36.5 Å². The zero-order valence-electron chi connectivity index (χ0n) is 14.6. The average molecular weight is 325 g/mol. The summed E-state index contributed by atoms with van der Waals surface area (Å²) in [7, 11) is 1.58. The maximum Gasteiger partial charge on any atom is 0.140 e. The van der Waals surface area contributed by atoms with Gasteiger partial charge >= 0.3 is 0 Å². The van der Waals surface area contributed by atoms with E-state index in [4.69, 9.17) is 19.5 Å². The smallest absolute Gasteiger partial charge is 0.140 e. The van der Waals surface area contributed by atoms with Crippen LogP contribution < -0.4 is 14.2 Å². The molecule has 4 heteroatoms. The van der Waals surface area contributed by atoms with Gasteiger partial charge in [0.25, 0.3) is 0 Å². The Bertz CT molecular complexity index is 732. The van der Waals surface area contributed by atoms with Crippen LogP contribution in [0.3, 0.4) is 0 Å². The third-order valence-electron chi connectivity index (χ3n) is 3.78. The van der Waals surface area contributed by atoms with Crippen molar-refractivity contribution in [1.29, 1.82) is 5.26 Å². The number of hydrogen-bond donors (Lipinski definition) is 0. The molecule has 0 saturated heterocycles. The molecule has 0 atom stereocenters. The number of nitriles is 1. The maximum atomic E-state index is 9.12. The van der Waals surface area contributed by atoms with Gasteiger partial charge in [-0.15, -0.1) is 0 Å². The predicted molar refractivity (Wildman–Crippen MR) is 94.0 cm³/mol. The van der Waals surface area contributed by atoms with Crippen LogP contribution in [0.2, 0.25) is 0 Å². The first-order valence-electron chi connectivity index (χ1n) is 7.99. The van der Waals surface area contributed by atoms with Crippen molar-refractivity contribution in [3.05, 3.63) is 53.1 Å². The van der Waals surface area contributed by atoms with Crippen LogP contribution in [-0.2, 0) is 0 Å². The van der Waals surface area contributed by atoms with Crippen LogP contribution in [0.25, 0.3) is 0 Å². The first kappa shape index (κ1) is 17.7. The lowest BCUT2D eigenvalue weighted by Gasteiger charge is -2.13. The monoisotopic (exact) mass is 325 g/mol. The van der Waals surface area contributed by atoms with E-state index in [9.17, 15) is 0 Å². The van der Waals surface area contributed by atoms with E-state index >= 15 is 0 Å². The Morgan fingerprint density at radius 1 is 1.00 bits per heavy atom. The highest BCUT2D eigenvalue weighted by atomic mass is 16.5. The second-order valence-electron chi connectivity index (χ2n) is 5.84. The van der Waals surface area contributed by atoms with Crippen molar-refractivity contribution in [1.82, 2.24) is 0 Å². The number of methoxy groups -OCH3 is 1. The minimum atomic E-state index is 0.354. The van der Waals surface area contributed by atoms with E-state index in [1.165, 1.54) is 11.1 Å². The van der Waals surface area contributed by atoms with E-state index in [2.05, 4.69) is 32.9 Å². The summed E-state index contributed by atoms with van der Waals surface area (Å²) in [6.07, 6.45) is 0. The van der Waals surface area contributed by atoms with Crippen molar-refractivity contribution < 1.29 is 14.2 Å². The first-order valence-corrected chi connectivity index (χ1v) is 7.99. The van der Waals surface area contributed by atoms with Crippen LogP contribution in [0.5, 0.6) is 17.2 Å². The fraction of sp³-hybridized carbons (Fsp3) is 0.350. The van der Waals surface area contributed by atoms with E-state index in [1.807, 2.05) is 12.1 Å². The van der Waals surface area contributed by atoms with Gasteiger partial charge in [0, 0.05) is 6.07 Å². The van der Waals surface area contributed by atoms with Gasteiger partial charge < -0.3 is 14.2 Å². The van der Waals surface area contributed by atoms with E-state index in [0.717, 1.165) is 5.75 Å². The Labute approximate surface area is 143 Å². The summed E-state index contributed by atoms with van der Waals surface area (Å²) in [6.45, 7) is 7.21. The van der Waals surface area contributed by atoms with Gasteiger partial charge in [0.2, 0.25) is 0 Å². The van der Waals surface area contributed by atoms with Crippen LogP contribution in [-0.4, -0.2) is 20.3 Å². The highest BCUT2D eigenvalue weighted by molar-refractivity contribution is 5.47. The third-order valence-corrected chi connectivity index (χ3v) is 3.78. The summed E-state index contributed by atoms with van der Waals surface area (Å²) in [4.78, 5) is 0. The minimum absolute atomic E-state index is 0.354. The minimum Gasteiger partial charge on any atom is -0.497 e. The molecule has 0 unspecified atom stereocenters. The maximum absolute atomic E-state index is 9.12. The van der Waals surface area contributed by atoms with Gasteiger partial charge in [-0.3, -0.25) is 0 Å². The molecule has 0 amide bonds. The molecular weight excluding hydrogens is 302 g/mol. The molecule has 0 spiro atoms. The number of aryl methyl sites for hydroxylation is 1. The van der Waals surface area contributed by atoms with Crippen LogP contribution >= 0.6 is 0 Å². The molecule has 0 aliphatic heterocycles. The molecular formula is C20H23NO3. The van der Waals surface area contributed by atoms with Crippen molar-refractivity contribution in [3.8, 4) is 23.3 Å².